The van der Waals surface area contributed by atoms with Crippen molar-refractivity contribution in [3.8, 4) is 0 Å². The molecule has 3 N–H and O–H groups in total. The number of likely N-dealkylation sites (tertiary alicyclic amines) is 1. The SMILES string of the molecule is O=C(Cc1c[nH]c2ccccc12)N[C@@H]1CCN(Cc2cscn2)C[C@H]1O. The van der Waals surface area contributed by atoms with Gasteiger partial charge in [-0.2, -0.15) is 0 Å². The summed E-state index contributed by atoms with van der Waals surface area (Å²) in [5, 5.41) is 16.5. The molecule has 0 unspecified atom stereocenters. The van der Waals surface area contributed by atoms with Crippen LogP contribution in [0.5, 0.6) is 0 Å². The first-order chi connectivity index (χ1) is 12.7. The predicted molar refractivity (Wildman–Crippen MR) is 102 cm³/mol. The standard InChI is InChI=1S/C19H22N4O2S/c24-18-10-23(9-14-11-26-12-21-14)6-5-17(18)22-19(25)7-13-8-20-16-4-2-1-3-15(13)16/h1-4,8,11-12,17-18,20,24H,5-7,9-10H2,(H,22,25)/t17-,18-/m1/s1. The highest BCUT2D eigenvalue weighted by molar-refractivity contribution is 7.07. The van der Waals surface area contributed by atoms with E-state index in [1.165, 1.54) is 0 Å². The Kier molecular flexibility index (Phi) is 5.01. The summed E-state index contributed by atoms with van der Waals surface area (Å²) in [4.78, 5) is 22.1. The van der Waals surface area contributed by atoms with Gasteiger partial charge in [0.2, 0.25) is 5.91 Å². The van der Waals surface area contributed by atoms with Crippen LogP contribution in [0.15, 0.2) is 41.4 Å². The van der Waals surface area contributed by atoms with Gasteiger partial charge in [-0.3, -0.25) is 9.69 Å². The van der Waals surface area contributed by atoms with Crippen LogP contribution < -0.4 is 5.32 Å². The molecule has 1 aliphatic rings. The lowest BCUT2D eigenvalue weighted by Crippen LogP contribution is -2.54. The van der Waals surface area contributed by atoms with Crippen molar-refractivity contribution in [1.29, 1.82) is 0 Å². The lowest BCUT2D eigenvalue weighted by molar-refractivity contribution is -0.122. The number of aromatic amines is 1. The molecular weight excluding hydrogens is 348 g/mol. The molecule has 3 aromatic rings. The third-order valence-electron chi connectivity index (χ3n) is 4.91. The van der Waals surface area contributed by atoms with Gasteiger partial charge in [0.15, 0.2) is 0 Å². The second kappa shape index (κ2) is 7.57. The number of carbonyl (C=O) groups excluding carboxylic acids is 1. The summed E-state index contributed by atoms with van der Waals surface area (Å²) in [6.45, 7) is 2.14. The van der Waals surface area contributed by atoms with Gasteiger partial charge in [-0.1, -0.05) is 18.2 Å². The van der Waals surface area contributed by atoms with Crippen LogP contribution in [0, 0.1) is 0 Å². The summed E-state index contributed by atoms with van der Waals surface area (Å²) in [6, 6.07) is 7.76. The summed E-state index contributed by atoms with van der Waals surface area (Å²) in [5.41, 5.74) is 4.87. The minimum absolute atomic E-state index is 0.0493. The predicted octanol–water partition coefficient (Wildman–Crippen LogP) is 1.92. The zero-order valence-electron chi connectivity index (χ0n) is 14.4. The molecule has 1 amide bonds. The minimum atomic E-state index is -0.561. The molecule has 1 aliphatic heterocycles. The monoisotopic (exact) mass is 370 g/mol. The average molecular weight is 370 g/mol. The number of H-pyrrole nitrogens is 1. The smallest absolute Gasteiger partial charge is 0.224 e. The van der Waals surface area contributed by atoms with Crippen molar-refractivity contribution in [3.05, 3.63) is 52.6 Å². The molecule has 1 aromatic carbocycles. The Morgan fingerprint density at radius 2 is 2.31 bits per heavy atom. The molecule has 4 rings (SSSR count). The van der Waals surface area contributed by atoms with Crippen molar-refractivity contribution in [3.63, 3.8) is 0 Å². The minimum Gasteiger partial charge on any atom is -0.390 e. The number of hydrogen-bond acceptors (Lipinski definition) is 5. The van der Waals surface area contributed by atoms with Crippen molar-refractivity contribution in [2.24, 2.45) is 0 Å². The second-order valence-corrected chi connectivity index (χ2v) is 7.50. The number of aliphatic hydroxyl groups excluding tert-OH is 1. The zero-order chi connectivity index (χ0) is 17.9. The molecule has 6 nitrogen and oxygen atoms in total. The summed E-state index contributed by atoms with van der Waals surface area (Å²) in [6.07, 6.45) is 2.38. The second-order valence-electron chi connectivity index (χ2n) is 6.78. The van der Waals surface area contributed by atoms with Gasteiger partial charge in [-0.15, -0.1) is 11.3 Å². The highest BCUT2D eigenvalue weighted by Gasteiger charge is 2.29. The Hall–Kier alpha value is -2.22. The lowest BCUT2D eigenvalue weighted by atomic mass is 10.0. The van der Waals surface area contributed by atoms with Crippen LogP contribution in [0.2, 0.25) is 0 Å². The summed E-state index contributed by atoms with van der Waals surface area (Å²) in [5.74, 6) is -0.0493. The van der Waals surface area contributed by atoms with Gasteiger partial charge in [-0.05, 0) is 18.1 Å². The van der Waals surface area contributed by atoms with E-state index in [0.717, 1.165) is 41.7 Å². The molecule has 2 atom stereocenters. The van der Waals surface area contributed by atoms with Gasteiger partial charge in [0.1, 0.15) is 0 Å². The van der Waals surface area contributed by atoms with Crippen LogP contribution >= 0.6 is 11.3 Å². The molecule has 3 heterocycles. The maximum absolute atomic E-state index is 12.4. The fourth-order valence-electron chi connectivity index (χ4n) is 3.56. The first-order valence-corrected chi connectivity index (χ1v) is 9.75. The molecule has 1 saturated heterocycles. The molecule has 0 spiro atoms. The number of carbonyl (C=O) groups is 1. The molecule has 136 valence electrons. The van der Waals surface area contributed by atoms with Crippen LogP contribution in [0.3, 0.4) is 0 Å². The summed E-state index contributed by atoms with van der Waals surface area (Å²) < 4.78 is 0. The number of hydrogen-bond donors (Lipinski definition) is 3. The van der Waals surface area contributed by atoms with E-state index in [1.54, 1.807) is 11.3 Å². The van der Waals surface area contributed by atoms with Gasteiger partial charge in [-0.25, -0.2) is 4.98 Å². The van der Waals surface area contributed by atoms with Gasteiger partial charge in [0.05, 0.1) is 29.8 Å². The molecule has 2 aromatic heterocycles. The average Bonchev–Trinajstić information content (AvgIpc) is 3.28. The number of β-amino-alcohol motifs (C(OH)–C–C–N with tert-alkyl or cyclic N) is 1. The number of piperidine rings is 1. The van der Waals surface area contributed by atoms with Crippen LogP contribution in [-0.2, 0) is 17.8 Å². The Morgan fingerprint density at radius 1 is 1.42 bits per heavy atom. The normalized spacial score (nSPS) is 21.1. The largest absolute Gasteiger partial charge is 0.390 e. The fourth-order valence-corrected chi connectivity index (χ4v) is 4.11. The third-order valence-corrected chi connectivity index (χ3v) is 5.54. The van der Waals surface area contributed by atoms with E-state index in [-0.39, 0.29) is 11.9 Å². The van der Waals surface area contributed by atoms with Gasteiger partial charge >= 0.3 is 0 Å². The van der Waals surface area contributed by atoms with Gasteiger partial charge < -0.3 is 15.4 Å². The summed E-state index contributed by atoms with van der Waals surface area (Å²) >= 11 is 1.58. The lowest BCUT2D eigenvalue weighted by Gasteiger charge is -2.35. The number of aliphatic hydroxyl groups is 1. The Labute approximate surface area is 155 Å². The number of fused-ring (bicyclic) bond motifs is 1. The van der Waals surface area contributed by atoms with E-state index in [2.05, 4.69) is 20.2 Å². The van der Waals surface area contributed by atoms with E-state index in [9.17, 15) is 9.90 Å². The number of para-hydroxylation sites is 1. The van der Waals surface area contributed by atoms with Crippen LogP contribution in [0.4, 0.5) is 0 Å². The fraction of sp³-hybridized carbons (Fsp3) is 0.368. The first kappa shape index (κ1) is 17.2. The van der Waals surface area contributed by atoms with Crippen LogP contribution in [-0.4, -0.2) is 51.1 Å². The number of benzene rings is 1. The Bertz CT molecular complexity index is 877. The summed E-state index contributed by atoms with van der Waals surface area (Å²) in [7, 11) is 0. The maximum Gasteiger partial charge on any atom is 0.224 e. The number of rotatable bonds is 5. The van der Waals surface area contributed by atoms with Crippen molar-refractivity contribution >= 4 is 28.1 Å². The molecule has 0 saturated carbocycles. The van der Waals surface area contributed by atoms with Crippen LogP contribution in [0.1, 0.15) is 17.7 Å². The van der Waals surface area contributed by atoms with E-state index in [4.69, 9.17) is 0 Å². The topological polar surface area (TPSA) is 81.2 Å². The van der Waals surface area contributed by atoms with Gasteiger partial charge in [0.25, 0.3) is 0 Å². The molecule has 0 bridgehead atoms. The van der Waals surface area contributed by atoms with E-state index in [1.807, 2.05) is 41.4 Å². The van der Waals surface area contributed by atoms with Crippen LogP contribution in [0.25, 0.3) is 10.9 Å². The maximum atomic E-state index is 12.4. The van der Waals surface area contributed by atoms with Crippen molar-refractivity contribution < 1.29 is 9.90 Å². The quantitative estimate of drug-likeness (QED) is 0.641. The first-order valence-electron chi connectivity index (χ1n) is 8.81. The third kappa shape index (κ3) is 3.80. The molecule has 26 heavy (non-hydrogen) atoms. The van der Waals surface area contributed by atoms with Gasteiger partial charge in [0, 0.05) is 42.1 Å². The molecule has 1 fully saturated rings. The van der Waals surface area contributed by atoms with Crippen molar-refractivity contribution in [2.45, 2.75) is 31.5 Å². The molecule has 7 heteroatoms. The molecule has 0 radical (unpaired) electrons. The van der Waals surface area contributed by atoms with E-state index < -0.39 is 6.10 Å². The zero-order valence-corrected chi connectivity index (χ0v) is 15.2. The Morgan fingerprint density at radius 3 is 3.12 bits per heavy atom. The van der Waals surface area contributed by atoms with Crippen molar-refractivity contribution in [2.75, 3.05) is 13.1 Å². The number of aromatic nitrogens is 2. The van der Waals surface area contributed by atoms with E-state index in [0.29, 0.717) is 13.0 Å². The molecule has 0 aliphatic carbocycles. The molecular formula is C19H22N4O2S. The number of amides is 1. The highest BCUT2D eigenvalue weighted by atomic mass is 32.1. The number of nitrogens with one attached hydrogen (secondary N) is 2. The Balaban J connectivity index is 1.32. The van der Waals surface area contributed by atoms with Crippen molar-refractivity contribution in [1.82, 2.24) is 20.2 Å². The number of nitrogens with zero attached hydrogens (tertiary/aromatic N) is 2. The van der Waals surface area contributed by atoms with E-state index >= 15 is 0 Å². The number of thiazole rings is 1. The highest BCUT2D eigenvalue weighted by Crippen LogP contribution is 2.19.